The van der Waals surface area contributed by atoms with Gasteiger partial charge in [0.05, 0.1) is 20.2 Å². The molecule has 0 heterocycles. The van der Waals surface area contributed by atoms with Crippen LogP contribution in [0.15, 0.2) is 24.3 Å². The van der Waals surface area contributed by atoms with Crippen LogP contribution in [0.4, 0.5) is 0 Å². The molecule has 0 saturated carbocycles. The Hall–Kier alpha value is 0.430. The molecule has 4 nitrogen and oxygen atoms in total. The van der Waals surface area contributed by atoms with Crippen LogP contribution in [0, 0.1) is 20.2 Å². The smallest absolute Gasteiger partial charge is 0.307 e. The number of benzene rings is 2. The van der Waals surface area contributed by atoms with Gasteiger partial charge in [-0.3, -0.25) is 4.79 Å². The summed E-state index contributed by atoms with van der Waals surface area (Å²) in [5.74, 6) is -1.21. The lowest BCUT2D eigenvalue weighted by Crippen LogP contribution is -2.37. The van der Waals surface area contributed by atoms with Crippen LogP contribution in [-0.2, 0) is 10.2 Å². The Kier molecular flexibility index (Phi) is 7.13. The molecule has 0 bridgehead atoms. The van der Waals surface area contributed by atoms with Gasteiger partial charge in [0, 0.05) is 5.41 Å². The number of hydrogen-bond acceptors (Lipinski definition) is 3. The number of carboxylic acid groups (broad SMARTS) is 1. The molecule has 0 aliphatic carbocycles. The van der Waals surface area contributed by atoms with Crippen LogP contribution in [0.1, 0.15) is 25.0 Å². The maximum Gasteiger partial charge on any atom is 0.307 e. The molecule has 3 N–H and O–H groups in total. The Bertz CT molecular complexity index is 747. The number of carboxylic acids is 1. The van der Waals surface area contributed by atoms with E-state index in [-0.39, 0.29) is 11.5 Å². The SMILES string of the molecule is CC(C(=O)O)C(C)(c1cc(I)c(O)c(I)c1)c1cc(I)c(O)c(I)c1. The minimum atomic E-state index is -0.904. The zero-order valence-electron chi connectivity index (χ0n) is 13.1. The molecular formula is C17H14I4O4. The maximum absolute atomic E-state index is 11.9. The molecule has 0 aliphatic heterocycles. The van der Waals surface area contributed by atoms with Gasteiger partial charge < -0.3 is 15.3 Å². The summed E-state index contributed by atoms with van der Waals surface area (Å²) in [6.07, 6.45) is 0. The molecule has 0 aliphatic rings. The first kappa shape index (κ1) is 21.7. The normalized spacial score (nSPS) is 12.9. The zero-order valence-corrected chi connectivity index (χ0v) is 21.8. The highest BCUT2D eigenvalue weighted by Gasteiger charge is 2.40. The van der Waals surface area contributed by atoms with Crippen LogP contribution in [0.3, 0.4) is 0 Å². The molecule has 2 aromatic rings. The number of aliphatic carboxylic acids is 1. The van der Waals surface area contributed by atoms with E-state index in [1.165, 1.54) is 0 Å². The average molecular weight is 790 g/mol. The molecule has 2 aromatic carbocycles. The van der Waals surface area contributed by atoms with Gasteiger partial charge in [0.25, 0.3) is 0 Å². The quantitative estimate of drug-likeness (QED) is 0.356. The third-order valence-electron chi connectivity index (χ3n) is 4.47. The van der Waals surface area contributed by atoms with Gasteiger partial charge in [0.1, 0.15) is 11.5 Å². The number of phenols is 2. The highest BCUT2D eigenvalue weighted by molar-refractivity contribution is 14.1. The molecular weight excluding hydrogens is 776 g/mol. The predicted molar refractivity (Wildman–Crippen MR) is 130 cm³/mol. The van der Waals surface area contributed by atoms with E-state index in [2.05, 4.69) is 0 Å². The molecule has 2 rings (SSSR count). The predicted octanol–water partition coefficient (Wildman–Crippen LogP) is 5.54. The number of phenolic OH excluding ortho intramolecular Hbond substituents is 2. The lowest BCUT2D eigenvalue weighted by molar-refractivity contribution is -0.142. The Morgan fingerprint density at radius 3 is 1.40 bits per heavy atom. The average Bonchev–Trinajstić information content (AvgIpc) is 2.54. The summed E-state index contributed by atoms with van der Waals surface area (Å²) in [6.45, 7) is 3.57. The van der Waals surface area contributed by atoms with Crippen LogP contribution < -0.4 is 0 Å². The molecule has 0 amide bonds. The fraction of sp³-hybridized carbons (Fsp3) is 0.235. The highest BCUT2D eigenvalue weighted by Crippen LogP contribution is 2.44. The highest BCUT2D eigenvalue weighted by atomic mass is 127. The summed E-state index contributed by atoms with van der Waals surface area (Å²) in [4.78, 5) is 11.9. The molecule has 8 heteroatoms. The molecule has 0 radical (unpaired) electrons. The van der Waals surface area contributed by atoms with Crippen molar-refractivity contribution in [2.45, 2.75) is 19.3 Å². The van der Waals surface area contributed by atoms with Gasteiger partial charge in [-0.15, -0.1) is 0 Å². The van der Waals surface area contributed by atoms with Gasteiger partial charge in [-0.05, 0) is 126 Å². The molecule has 0 fully saturated rings. The van der Waals surface area contributed by atoms with Gasteiger partial charge in [-0.25, -0.2) is 0 Å². The van der Waals surface area contributed by atoms with Gasteiger partial charge in [0.2, 0.25) is 0 Å². The second kappa shape index (κ2) is 8.20. The zero-order chi connectivity index (χ0) is 19.1. The van der Waals surface area contributed by atoms with E-state index >= 15 is 0 Å². The topological polar surface area (TPSA) is 77.8 Å². The summed E-state index contributed by atoms with van der Waals surface area (Å²) in [6, 6.07) is 7.29. The summed E-state index contributed by atoms with van der Waals surface area (Å²) < 4.78 is 2.69. The monoisotopic (exact) mass is 790 g/mol. The Balaban J connectivity index is 2.82. The number of halogens is 4. The van der Waals surface area contributed by atoms with Crippen molar-refractivity contribution in [3.63, 3.8) is 0 Å². The van der Waals surface area contributed by atoms with Crippen molar-refractivity contribution < 1.29 is 20.1 Å². The lowest BCUT2D eigenvalue weighted by atomic mass is 9.68. The van der Waals surface area contributed by atoms with Gasteiger partial charge in [0.15, 0.2) is 0 Å². The Morgan fingerprint density at radius 2 is 1.16 bits per heavy atom. The third-order valence-corrected chi connectivity index (χ3v) is 7.76. The minimum absolute atomic E-state index is 0.199. The van der Waals surface area contributed by atoms with Gasteiger partial charge in [-0.2, -0.15) is 0 Å². The third kappa shape index (κ3) is 4.15. The molecule has 0 aromatic heterocycles. The van der Waals surface area contributed by atoms with Crippen molar-refractivity contribution in [3.8, 4) is 11.5 Å². The molecule has 0 spiro atoms. The van der Waals surface area contributed by atoms with E-state index in [0.717, 1.165) is 11.1 Å². The largest absolute Gasteiger partial charge is 0.506 e. The molecule has 1 unspecified atom stereocenters. The van der Waals surface area contributed by atoms with Crippen molar-refractivity contribution >= 4 is 96.3 Å². The van der Waals surface area contributed by atoms with Crippen LogP contribution in [0.2, 0.25) is 0 Å². The van der Waals surface area contributed by atoms with Crippen LogP contribution >= 0.6 is 90.4 Å². The Labute approximate surface area is 200 Å². The number of carbonyl (C=O) groups is 1. The number of hydrogen-bond donors (Lipinski definition) is 3. The minimum Gasteiger partial charge on any atom is -0.506 e. The summed E-state index contributed by atoms with van der Waals surface area (Å²) >= 11 is 8.20. The van der Waals surface area contributed by atoms with Crippen molar-refractivity contribution in [1.82, 2.24) is 0 Å². The fourth-order valence-electron chi connectivity index (χ4n) is 2.64. The van der Waals surface area contributed by atoms with E-state index in [1.54, 1.807) is 6.92 Å². The molecule has 25 heavy (non-hydrogen) atoms. The molecule has 134 valence electrons. The first-order valence-electron chi connectivity index (χ1n) is 7.09. The second-order valence-corrected chi connectivity index (χ2v) is 10.5. The number of rotatable bonds is 4. The summed E-state index contributed by atoms with van der Waals surface area (Å²) in [5.41, 5.74) is 0.796. The van der Waals surface area contributed by atoms with E-state index in [1.807, 2.05) is 122 Å². The van der Waals surface area contributed by atoms with E-state index in [4.69, 9.17) is 0 Å². The standard InChI is InChI=1S/C17H14I4O4/c1-7(16(24)25)17(2,8-3-10(18)14(22)11(19)4-8)9-5-12(20)15(23)13(21)6-9/h3-7,22-23H,1-2H3,(H,24,25). The van der Waals surface area contributed by atoms with Gasteiger partial charge >= 0.3 is 5.97 Å². The maximum atomic E-state index is 11.9. The fourth-order valence-corrected chi connectivity index (χ4v) is 6.18. The van der Waals surface area contributed by atoms with Crippen molar-refractivity contribution in [2.24, 2.45) is 5.92 Å². The molecule has 1 atom stereocenters. The van der Waals surface area contributed by atoms with Crippen LogP contribution in [0.5, 0.6) is 11.5 Å². The lowest BCUT2D eigenvalue weighted by Gasteiger charge is -2.35. The van der Waals surface area contributed by atoms with E-state index < -0.39 is 17.3 Å². The van der Waals surface area contributed by atoms with Crippen molar-refractivity contribution in [3.05, 3.63) is 49.7 Å². The summed E-state index contributed by atoms with van der Waals surface area (Å²) in [7, 11) is 0. The van der Waals surface area contributed by atoms with Crippen molar-refractivity contribution in [1.29, 1.82) is 0 Å². The Morgan fingerprint density at radius 1 is 0.880 bits per heavy atom. The number of aromatic hydroxyl groups is 2. The summed E-state index contributed by atoms with van der Waals surface area (Å²) in [5, 5.41) is 29.9. The van der Waals surface area contributed by atoms with Gasteiger partial charge in [-0.1, -0.05) is 13.8 Å². The van der Waals surface area contributed by atoms with E-state index in [0.29, 0.717) is 14.3 Å². The first-order chi connectivity index (χ1) is 11.5. The van der Waals surface area contributed by atoms with Crippen LogP contribution in [0.25, 0.3) is 0 Å². The van der Waals surface area contributed by atoms with Crippen LogP contribution in [-0.4, -0.2) is 21.3 Å². The second-order valence-electron chi connectivity index (χ2n) is 5.84. The van der Waals surface area contributed by atoms with Crippen molar-refractivity contribution in [2.75, 3.05) is 0 Å². The first-order valence-corrected chi connectivity index (χ1v) is 11.4. The molecule has 0 saturated heterocycles. The van der Waals surface area contributed by atoms with E-state index in [9.17, 15) is 20.1 Å².